The molecule has 0 saturated heterocycles. The van der Waals surface area contributed by atoms with Gasteiger partial charge in [-0.15, -0.1) is 0 Å². The Kier molecular flexibility index (Phi) is 5.10. The first-order valence-electron chi connectivity index (χ1n) is 6.34. The fourth-order valence-electron chi connectivity index (χ4n) is 1.93. The zero-order chi connectivity index (χ0) is 14.6. The second-order valence-corrected chi connectivity index (χ2v) is 4.94. The van der Waals surface area contributed by atoms with Gasteiger partial charge in [-0.3, -0.25) is 9.59 Å². The van der Waals surface area contributed by atoms with Crippen molar-refractivity contribution >= 4 is 11.9 Å². The second-order valence-electron chi connectivity index (χ2n) is 4.94. The van der Waals surface area contributed by atoms with E-state index in [1.165, 1.54) is 16.7 Å². The summed E-state index contributed by atoms with van der Waals surface area (Å²) in [7, 11) is 1.71. The minimum Gasteiger partial charge on any atom is -0.481 e. The van der Waals surface area contributed by atoms with Gasteiger partial charge in [-0.1, -0.05) is 12.1 Å². The Hall–Kier alpha value is -1.84. The number of carbonyl (C=O) groups is 2. The molecule has 0 saturated carbocycles. The largest absolute Gasteiger partial charge is 0.481 e. The molecule has 0 spiro atoms. The van der Waals surface area contributed by atoms with E-state index in [1.807, 2.05) is 19.1 Å². The number of carboxylic acid groups (broad SMARTS) is 1. The molecule has 4 nitrogen and oxygen atoms in total. The number of benzene rings is 1. The molecule has 0 atom stereocenters. The predicted molar refractivity (Wildman–Crippen MR) is 74.0 cm³/mol. The Morgan fingerprint density at radius 2 is 1.74 bits per heavy atom. The normalized spacial score (nSPS) is 10.3. The van der Waals surface area contributed by atoms with Gasteiger partial charge in [0.05, 0.1) is 6.42 Å². The Morgan fingerprint density at radius 3 is 2.32 bits per heavy atom. The highest BCUT2D eigenvalue weighted by Gasteiger charge is 2.13. The lowest BCUT2D eigenvalue weighted by atomic mass is 9.98. The molecule has 0 radical (unpaired) electrons. The van der Waals surface area contributed by atoms with Gasteiger partial charge in [0.15, 0.2) is 0 Å². The van der Waals surface area contributed by atoms with Crippen LogP contribution in [-0.4, -0.2) is 28.9 Å². The summed E-state index contributed by atoms with van der Waals surface area (Å²) in [5, 5.41) is 8.57. The first-order chi connectivity index (χ1) is 8.82. The number of carbonyl (C=O) groups excluding carboxylic acids is 1. The van der Waals surface area contributed by atoms with Crippen molar-refractivity contribution in [3.05, 3.63) is 34.4 Å². The molecule has 1 rings (SSSR count). The van der Waals surface area contributed by atoms with Crippen molar-refractivity contribution in [3.63, 3.8) is 0 Å². The molecular formula is C15H21NO3. The molecule has 1 N–H and O–H groups in total. The highest BCUT2D eigenvalue weighted by Crippen LogP contribution is 2.18. The quantitative estimate of drug-likeness (QED) is 0.887. The van der Waals surface area contributed by atoms with Crippen molar-refractivity contribution < 1.29 is 14.7 Å². The Bertz CT molecular complexity index is 494. The van der Waals surface area contributed by atoms with Gasteiger partial charge in [0, 0.05) is 20.0 Å². The zero-order valence-electron chi connectivity index (χ0n) is 12.0. The number of amides is 1. The van der Waals surface area contributed by atoms with Crippen LogP contribution in [0.4, 0.5) is 0 Å². The Labute approximate surface area is 114 Å². The van der Waals surface area contributed by atoms with E-state index in [9.17, 15) is 9.59 Å². The molecule has 4 heteroatoms. The van der Waals surface area contributed by atoms with Gasteiger partial charge < -0.3 is 10.0 Å². The van der Waals surface area contributed by atoms with Crippen molar-refractivity contribution in [3.8, 4) is 0 Å². The summed E-state index contributed by atoms with van der Waals surface area (Å²) in [6.07, 6.45) is -0.0647. The van der Waals surface area contributed by atoms with Crippen LogP contribution in [0, 0.1) is 20.8 Å². The lowest BCUT2D eigenvalue weighted by molar-refractivity contribution is -0.140. The van der Waals surface area contributed by atoms with Crippen LogP contribution in [0.1, 0.15) is 35.1 Å². The van der Waals surface area contributed by atoms with Crippen LogP contribution in [0.3, 0.4) is 0 Å². The summed E-state index contributed by atoms with van der Waals surface area (Å²) < 4.78 is 0. The highest BCUT2D eigenvalue weighted by atomic mass is 16.4. The average Bonchev–Trinajstić information content (AvgIpc) is 2.36. The van der Waals surface area contributed by atoms with Gasteiger partial charge >= 0.3 is 5.97 Å². The zero-order valence-corrected chi connectivity index (χ0v) is 12.0. The number of aryl methyl sites for hydroxylation is 1. The molecule has 0 heterocycles. The third-order valence-corrected chi connectivity index (χ3v) is 3.56. The molecule has 0 unspecified atom stereocenters. The summed E-state index contributed by atoms with van der Waals surface area (Å²) in [5.41, 5.74) is 4.78. The van der Waals surface area contributed by atoms with Crippen LogP contribution in [0.2, 0.25) is 0 Å². The maximum absolute atomic E-state index is 11.8. The summed E-state index contributed by atoms with van der Waals surface area (Å²) in [6, 6.07) is 4.08. The molecule has 0 fully saturated rings. The monoisotopic (exact) mass is 263 g/mol. The third-order valence-electron chi connectivity index (χ3n) is 3.56. The van der Waals surface area contributed by atoms with Crippen LogP contribution in [0.15, 0.2) is 12.1 Å². The lowest BCUT2D eigenvalue weighted by Crippen LogP contribution is -2.27. The van der Waals surface area contributed by atoms with Crippen molar-refractivity contribution in [2.45, 2.75) is 40.2 Å². The fourth-order valence-corrected chi connectivity index (χ4v) is 1.93. The maximum atomic E-state index is 11.8. The third kappa shape index (κ3) is 4.09. The summed E-state index contributed by atoms with van der Waals surface area (Å²) in [5.74, 6) is -1.08. The number of carboxylic acids is 1. The van der Waals surface area contributed by atoms with Gasteiger partial charge in [0.25, 0.3) is 0 Å². The van der Waals surface area contributed by atoms with Crippen LogP contribution < -0.4 is 0 Å². The molecule has 0 aliphatic carbocycles. The van der Waals surface area contributed by atoms with E-state index in [0.717, 1.165) is 5.56 Å². The summed E-state index contributed by atoms with van der Waals surface area (Å²) in [4.78, 5) is 23.8. The van der Waals surface area contributed by atoms with Gasteiger partial charge in [-0.05, 0) is 43.0 Å². The standard InChI is InChI=1S/C15H21NO3/c1-10-5-6-13(12(3)11(10)2)9-16(4)14(17)7-8-15(18)19/h5-6H,7-9H2,1-4H3,(H,18,19). The van der Waals surface area contributed by atoms with E-state index in [1.54, 1.807) is 11.9 Å². The smallest absolute Gasteiger partial charge is 0.303 e. The fraction of sp³-hybridized carbons (Fsp3) is 0.467. The van der Waals surface area contributed by atoms with E-state index in [0.29, 0.717) is 6.54 Å². The van der Waals surface area contributed by atoms with E-state index in [-0.39, 0.29) is 18.7 Å². The van der Waals surface area contributed by atoms with Gasteiger partial charge in [-0.2, -0.15) is 0 Å². The predicted octanol–water partition coefficient (Wildman–Crippen LogP) is 2.44. The van der Waals surface area contributed by atoms with Crippen LogP contribution >= 0.6 is 0 Å². The lowest BCUT2D eigenvalue weighted by Gasteiger charge is -2.19. The molecule has 1 amide bonds. The number of hydrogen-bond acceptors (Lipinski definition) is 2. The molecule has 0 bridgehead atoms. The average molecular weight is 263 g/mol. The van der Waals surface area contributed by atoms with Crippen molar-refractivity contribution in [1.82, 2.24) is 4.90 Å². The maximum Gasteiger partial charge on any atom is 0.303 e. The van der Waals surface area contributed by atoms with E-state index < -0.39 is 5.97 Å². The minimum absolute atomic E-state index is 0.0513. The second kappa shape index (κ2) is 6.36. The molecule has 0 aliphatic rings. The number of aliphatic carboxylic acids is 1. The van der Waals surface area contributed by atoms with Gasteiger partial charge in [0.1, 0.15) is 0 Å². The number of nitrogens with zero attached hydrogens (tertiary/aromatic N) is 1. The highest BCUT2D eigenvalue weighted by molar-refractivity contribution is 5.80. The topological polar surface area (TPSA) is 57.6 Å². The number of hydrogen-bond donors (Lipinski definition) is 1. The molecule has 1 aromatic carbocycles. The van der Waals surface area contributed by atoms with Crippen LogP contribution in [0.25, 0.3) is 0 Å². The van der Waals surface area contributed by atoms with E-state index in [2.05, 4.69) is 13.8 Å². The van der Waals surface area contributed by atoms with E-state index in [4.69, 9.17) is 5.11 Å². The first-order valence-corrected chi connectivity index (χ1v) is 6.34. The molecule has 0 aliphatic heterocycles. The first kappa shape index (κ1) is 15.2. The van der Waals surface area contributed by atoms with E-state index >= 15 is 0 Å². The molecule has 1 aromatic rings. The summed E-state index contributed by atoms with van der Waals surface area (Å²) in [6.45, 7) is 6.70. The number of rotatable bonds is 5. The molecule has 0 aromatic heterocycles. The van der Waals surface area contributed by atoms with Gasteiger partial charge in [0.2, 0.25) is 5.91 Å². The van der Waals surface area contributed by atoms with Crippen molar-refractivity contribution in [1.29, 1.82) is 0 Å². The summed E-state index contributed by atoms with van der Waals surface area (Å²) >= 11 is 0. The Balaban J connectivity index is 2.72. The van der Waals surface area contributed by atoms with Crippen molar-refractivity contribution in [2.24, 2.45) is 0 Å². The molecule has 19 heavy (non-hydrogen) atoms. The SMILES string of the molecule is Cc1ccc(CN(C)C(=O)CCC(=O)O)c(C)c1C. The molecule has 104 valence electrons. The molecular weight excluding hydrogens is 242 g/mol. The van der Waals surface area contributed by atoms with Crippen LogP contribution in [-0.2, 0) is 16.1 Å². The van der Waals surface area contributed by atoms with Gasteiger partial charge in [-0.25, -0.2) is 0 Å². The Morgan fingerprint density at radius 1 is 1.11 bits per heavy atom. The minimum atomic E-state index is -0.941. The van der Waals surface area contributed by atoms with Crippen LogP contribution in [0.5, 0.6) is 0 Å². The van der Waals surface area contributed by atoms with Crippen molar-refractivity contribution in [2.75, 3.05) is 7.05 Å².